The van der Waals surface area contributed by atoms with Crippen LogP contribution in [0, 0.1) is 0 Å². The summed E-state index contributed by atoms with van der Waals surface area (Å²) in [7, 11) is 0. The fourth-order valence-electron chi connectivity index (χ4n) is 14.3. The standard InChI is InChI=1S/C88H157NO18/c1-3-5-7-9-11-13-15-17-19-21-23-25-27-28-29-30-31-32-33-34-35-36-37-38-39-40-41-42-44-46-48-50-52-54-56-58-60-62-64-66-76(94)89-71(72(93)65-63-61-59-57-55-53-51-49-47-45-43-26-24-22-20-18-16-14-12-10-8-6-4-2)70-102-86-82(100)79(97)84(74(68-91)104-86)107-88-83(101)80(98)85(75(69-92)105-88)106-87-81(99)78(96)77(95)73(67-90)103-87/h5,7,11,13,17,19,23,25,28-29,31-32,63,65,71-75,77-88,90-93,95-101H,3-4,6,8-10,12,14-16,18,20-22,24,26-27,30,33-62,64,66-70H2,1-2H3,(H,89,94)/b7-5-,13-11-,19-17-,25-23-,29-28-,32-31-,65-63+. The minimum atomic E-state index is -1.98. The third-order valence-electron chi connectivity index (χ3n) is 21.2. The average Bonchev–Trinajstić information content (AvgIpc) is 0.781. The molecular formula is C88H157NO18. The van der Waals surface area contributed by atoms with Crippen molar-refractivity contribution in [3.05, 3.63) is 85.1 Å². The second-order valence-corrected chi connectivity index (χ2v) is 30.6. The summed E-state index contributed by atoms with van der Waals surface area (Å²) in [5, 5.41) is 121. The maximum Gasteiger partial charge on any atom is 0.220 e. The van der Waals surface area contributed by atoms with E-state index >= 15 is 0 Å². The largest absolute Gasteiger partial charge is 0.394 e. The third kappa shape index (κ3) is 46.7. The summed E-state index contributed by atoms with van der Waals surface area (Å²) in [5.74, 6) is -0.271. The van der Waals surface area contributed by atoms with Crippen molar-refractivity contribution in [1.82, 2.24) is 5.32 Å². The lowest BCUT2D eigenvalue weighted by atomic mass is 9.96. The molecule has 0 bridgehead atoms. The quantitative estimate of drug-likeness (QED) is 0.0199. The molecule has 0 spiro atoms. The zero-order chi connectivity index (χ0) is 77.4. The van der Waals surface area contributed by atoms with Crippen molar-refractivity contribution in [1.29, 1.82) is 0 Å². The number of hydrogen-bond acceptors (Lipinski definition) is 18. The Morgan fingerprint density at radius 2 is 0.645 bits per heavy atom. The minimum absolute atomic E-state index is 0.244. The fourth-order valence-corrected chi connectivity index (χ4v) is 14.3. The highest BCUT2D eigenvalue weighted by Gasteiger charge is 2.54. The van der Waals surface area contributed by atoms with Crippen LogP contribution in [-0.4, -0.2) is 193 Å². The molecule has 19 heteroatoms. The van der Waals surface area contributed by atoms with Crippen molar-refractivity contribution in [3.8, 4) is 0 Å². The summed E-state index contributed by atoms with van der Waals surface area (Å²) in [6, 6.07) is -0.976. The Morgan fingerprint density at radius 1 is 0.346 bits per heavy atom. The molecule has 3 heterocycles. The SMILES string of the molecule is CC/C=C\C/C=C\C/C=C\C/C=C\C/C=C\C/C=C\CCCCCCCCCCCCCCCCCCCCCCC(=O)NC(COC1OC(CO)C(OC2OC(CO)C(OC3OC(CO)C(O)C(O)C3O)C(O)C2O)C(O)C1O)C(O)/C=C/CCCCCCCCCCCCCCCCCCCCCCC. The Bertz CT molecular complexity index is 2260. The number of nitrogens with one attached hydrogen (secondary N) is 1. The molecule has 0 aliphatic carbocycles. The summed E-state index contributed by atoms with van der Waals surface area (Å²) in [6.45, 7) is 1.66. The molecule has 0 saturated carbocycles. The van der Waals surface area contributed by atoms with Crippen LogP contribution in [0.3, 0.4) is 0 Å². The summed E-state index contributed by atoms with van der Waals surface area (Å²) in [6.07, 6.45) is 64.3. The molecular weight excluding hydrogens is 1360 g/mol. The van der Waals surface area contributed by atoms with Gasteiger partial charge in [-0.25, -0.2) is 0 Å². The Morgan fingerprint density at radius 3 is 1.01 bits per heavy atom. The molecule has 3 rings (SSSR count). The van der Waals surface area contributed by atoms with Crippen molar-refractivity contribution in [2.24, 2.45) is 0 Å². The number of ether oxygens (including phenoxy) is 6. The molecule has 12 N–H and O–H groups in total. The first-order chi connectivity index (χ1) is 52.3. The first kappa shape index (κ1) is 98.2. The van der Waals surface area contributed by atoms with Gasteiger partial charge in [-0.3, -0.25) is 4.79 Å². The van der Waals surface area contributed by atoms with Crippen molar-refractivity contribution in [2.75, 3.05) is 26.4 Å². The molecule has 17 atom stereocenters. The van der Waals surface area contributed by atoms with Crippen LogP contribution in [-0.2, 0) is 33.2 Å². The number of carbonyl (C=O) groups excluding carboxylic acids is 1. The third-order valence-corrected chi connectivity index (χ3v) is 21.2. The molecule has 3 fully saturated rings. The van der Waals surface area contributed by atoms with E-state index in [1.165, 1.54) is 225 Å². The van der Waals surface area contributed by atoms with Gasteiger partial charge in [-0.05, 0) is 70.6 Å². The maximum atomic E-state index is 13.5. The number of amides is 1. The Labute approximate surface area is 648 Å². The van der Waals surface area contributed by atoms with E-state index < -0.39 is 124 Å². The van der Waals surface area contributed by atoms with Gasteiger partial charge in [0.2, 0.25) is 5.91 Å². The second kappa shape index (κ2) is 67.5. The van der Waals surface area contributed by atoms with E-state index in [2.05, 4.69) is 92.1 Å². The zero-order valence-electron chi connectivity index (χ0n) is 66.9. The van der Waals surface area contributed by atoms with E-state index in [0.29, 0.717) is 6.42 Å². The Balaban J connectivity index is 1.32. The molecule has 0 aromatic heterocycles. The van der Waals surface area contributed by atoms with Gasteiger partial charge in [-0.2, -0.15) is 0 Å². The van der Waals surface area contributed by atoms with Crippen LogP contribution < -0.4 is 5.32 Å². The van der Waals surface area contributed by atoms with Gasteiger partial charge in [0.05, 0.1) is 38.6 Å². The van der Waals surface area contributed by atoms with Crippen LogP contribution in [0.25, 0.3) is 0 Å². The summed E-state index contributed by atoms with van der Waals surface area (Å²) in [4.78, 5) is 13.5. The van der Waals surface area contributed by atoms with Crippen LogP contribution in [0.5, 0.6) is 0 Å². The number of aliphatic hydroxyl groups excluding tert-OH is 11. The molecule has 107 heavy (non-hydrogen) atoms. The van der Waals surface area contributed by atoms with E-state index in [9.17, 15) is 61.0 Å². The number of hydrogen-bond donors (Lipinski definition) is 12. The van der Waals surface area contributed by atoms with E-state index in [4.69, 9.17) is 28.4 Å². The predicted octanol–water partition coefficient (Wildman–Crippen LogP) is 15.7. The lowest BCUT2D eigenvalue weighted by Gasteiger charge is -2.48. The molecule has 1 amide bonds. The van der Waals surface area contributed by atoms with Gasteiger partial charge in [-0.15, -0.1) is 0 Å². The first-order valence-electron chi connectivity index (χ1n) is 43.3. The Kier molecular flexibility index (Phi) is 61.9. The molecule has 0 radical (unpaired) electrons. The molecule has 19 nitrogen and oxygen atoms in total. The van der Waals surface area contributed by atoms with Crippen LogP contribution >= 0.6 is 0 Å². The fraction of sp³-hybridized carbons (Fsp3) is 0.830. The second-order valence-electron chi connectivity index (χ2n) is 30.6. The minimum Gasteiger partial charge on any atom is -0.394 e. The first-order valence-corrected chi connectivity index (χ1v) is 43.3. The normalized spacial score (nSPS) is 25.9. The average molecular weight is 1520 g/mol. The molecule has 3 aliphatic heterocycles. The maximum absolute atomic E-state index is 13.5. The van der Waals surface area contributed by atoms with Gasteiger partial charge < -0.3 is 89.9 Å². The highest BCUT2D eigenvalue weighted by molar-refractivity contribution is 5.76. The highest BCUT2D eigenvalue weighted by Crippen LogP contribution is 2.33. The zero-order valence-corrected chi connectivity index (χ0v) is 66.9. The molecule has 0 aromatic carbocycles. The van der Waals surface area contributed by atoms with E-state index in [0.717, 1.165) is 83.5 Å². The van der Waals surface area contributed by atoms with E-state index in [1.54, 1.807) is 6.08 Å². The van der Waals surface area contributed by atoms with Crippen molar-refractivity contribution < 1.29 is 89.4 Å². The van der Waals surface area contributed by atoms with Crippen molar-refractivity contribution >= 4 is 5.91 Å². The lowest BCUT2D eigenvalue weighted by molar-refractivity contribution is -0.379. The van der Waals surface area contributed by atoms with Crippen LogP contribution in [0.1, 0.15) is 335 Å². The van der Waals surface area contributed by atoms with E-state index in [1.807, 2.05) is 6.08 Å². The monoisotopic (exact) mass is 1520 g/mol. The van der Waals surface area contributed by atoms with Gasteiger partial charge in [0.1, 0.15) is 73.2 Å². The summed E-state index contributed by atoms with van der Waals surface area (Å²) >= 11 is 0. The molecule has 17 unspecified atom stereocenters. The predicted molar refractivity (Wildman–Crippen MR) is 429 cm³/mol. The van der Waals surface area contributed by atoms with Gasteiger partial charge in [-0.1, -0.05) is 343 Å². The summed E-state index contributed by atoms with van der Waals surface area (Å²) < 4.78 is 34.5. The molecule has 3 saturated heterocycles. The molecule has 0 aromatic rings. The van der Waals surface area contributed by atoms with Crippen LogP contribution in [0.4, 0.5) is 0 Å². The van der Waals surface area contributed by atoms with Gasteiger partial charge in [0.15, 0.2) is 18.9 Å². The number of unbranched alkanes of at least 4 members (excludes halogenated alkanes) is 41. The van der Waals surface area contributed by atoms with Crippen molar-refractivity contribution in [2.45, 2.75) is 439 Å². The van der Waals surface area contributed by atoms with Gasteiger partial charge in [0.25, 0.3) is 0 Å². The Hall–Kier alpha value is -3.03. The number of carbonyl (C=O) groups is 1. The van der Waals surface area contributed by atoms with Gasteiger partial charge in [0, 0.05) is 6.42 Å². The highest BCUT2D eigenvalue weighted by atomic mass is 16.8. The smallest absolute Gasteiger partial charge is 0.220 e. The van der Waals surface area contributed by atoms with Crippen LogP contribution in [0.15, 0.2) is 85.1 Å². The summed E-state index contributed by atoms with van der Waals surface area (Å²) in [5.41, 5.74) is 0. The van der Waals surface area contributed by atoms with Crippen LogP contribution in [0.2, 0.25) is 0 Å². The molecule has 622 valence electrons. The number of rotatable bonds is 69. The van der Waals surface area contributed by atoms with Crippen molar-refractivity contribution in [3.63, 3.8) is 0 Å². The topological polar surface area (TPSA) is 307 Å². The van der Waals surface area contributed by atoms with Gasteiger partial charge >= 0.3 is 0 Å². The number of allylic oxidation sites excluding steroid dienone is 13. The number of aliphatic hydroxyl groups is 11. The molecule has 3 aliphatic rings. The lowest BCUT2D eigenvalue weighted by Crippen LogP contribution is -2.66. The van der Waals surface area contributed by atoms with E-state index in [-0.39, 0.29) is 18.9 Å².